The second-order valence-corrected chi connectivity index (χ2v) is 3.97. The number of benzene rings is 1. The molecule has 0 aromatic heterocycles. The van der Waals surface area contributed by atoms with Crippen LogP contribution in [-0.2, 0) is 4.79 Å². The standard InChI is InChI=1S/C11H12N2O3S/c1-12(2)11(10(14)7-17)8-3-5-9(6-4-8)13(15)16/h3-7,11H,1-2H3. The average molecular weight is 252 g/mol. The molecule has 6 heteroatoms. The van der Waals surface area contributed by atoms with Crippen LogP contribution in [-0.4, -0.2) is 35.1 Å². The summed E-state index contributed by atoms with van der Waals surface area (Å²) in [4.78, 5) is 23.4. The van der Waals surface area contributed by atoms with Crippen molar-refractivity contribution in [1.29, 1.82) is 0 Å². The van der Waals surface area contributed by atoms with Gasteiger partial charge in [0.1, 0.15) is 0 Å². The number of thiocarbonyl (C=S) groups is 1. The summed E-state index contributed by atoms with van der Waals surface area (Å²) in [5.41, 5.74) is 0.688. The zero-order valence-corrected chi connectivity index (χ0v) is 10.3. The van der Waals surface area contributed by atoms with Crippen LogP contribution in [0.1, 0.15) is 11.6 Å². The van der Waals surface area contributed by atoms with Crippen molar-refractivity contribution in [2.24, 2.45) is 0 Å². The number of non-ortho nitro benzene ring substituents is 1. The topological polar surface area (TPSA) is 63.5 Å². The van der Waals surface area contributed by atoms with Crippen LogP contribution in [0, 0.1) is 10.1 Å². The highest BCUT2D eigenvalue weighted by Crippen LogP contribution is 2.21. The Kier molecular flexibility index (Phi) is 4.42. The third-order valence-corrected chi connectivity index (χ3v) is 2.55. The molecule has 0 radical (unpaired) electrons. The van der Waals surface area contributed by atoms with Crippen molar-refractivity contribution < 1.29 is 9.72 Å². The summed E-state index contributed by atoms with van der Waals surface area (Å²) in [7, 11) is 3.51. The number of nitro benzene ring substituents is 1. The van der Waals surface area contributed by atoms with Gasteiger partial charge < -0.3 is 0 Å². The van der Waals surface area contributed by atoms with Gasteiger partial charge in [-0.2, -0.15) is 0 Å². The average Bonchev–Trinajstić information content (AvgIpc) is 2.29. The number of carbonyl (C=O) groups is 1. The van der Waals surface area contributed by atoms with E-state index in [1.165, 1.54) is 12.1 Å². The van der Waals surface area contributed by atoms with Crippen LogP contribution in [0.15, 0.2) is 24.3 Å². The molecule has 0 saturated heterocycles. The van der Waals surface area contributed by atoms with E-state index in [0.29, 0.717) is 5.56 Å². The normalized spacial score (nSPS) is 12.2. The number of ketones is 1. The lowest BCUT2D eigenvalue weighted by Crippen LogP contribution is -2.28. The molecule has 0 aliphatic rings. The summed E-state index contributed by atoms with van der Waals surface area (Å²) >= 11 is 4.63. The summed E-state index contributed by atoms with van der Waals surface area (Å²) in [6, 6.07) is 5.40. The van der Waals surface area contributed by atoms with Gasteiger partial charge in [0.2, 0.25) is 0 Å². The van der Waals surface area contributed by atoms with E-state index in [4.69, 9.17) is 0 Å². The number of hydrogen-bond donors (Lipinski definition) is 0. The first-order valence-electron chi connectivity index (χ1n) is 4.87. The molecule has 1 unspecified atom stereocenters. The molecule has 0 saturated carbocycles. The van der Waals surface area contributed by atoms with Crippen molar-refractivity contribution in [3.8, 4) is 0 Å². The lowest BCUT2D eigenvalue weighted by Gasteiger charge is -2.21. The number of likely N-dealkylation sites (N-methyl/N-ethyl adjacent to an activating group) is 1. The maximum Gasteiger partial charge on any atom is 0.269 e. The first-order valence-corrected chi connectivity index (χ1v) is 5.34. The van der Waals surface area contributed by atoms with Crippen molar-refractivity contribution in [3.05, 3.63) is 39.9 Å². The number of nitro groups is 1. The molecule has 90 valence electrons. The lowest BCUT2D eigenvalue weighted by molar-refractivity contribution is -0.384. The molecule has 0 fully saturated rings. The highest BCUT2D eigenvalue weighted by atomic mass is 32.1. The van der Waals surface area contributed by atoms with Crippen molar-refractivity contribution in [3.63, 3.8) is 0 Å². The van der Waals surface area contributed by atoms with E-state index < -0.39 is 11.0 Å². The van der Waals surface area contributed by atoms with Crippen molar-refractivity contribution in [1.82, 2.24) is 4.90 Å². The summed E-state index contributed by atoms with van der Waals surface area (Å²) in [6.07, 6.45) is 0. The van der Waals surface area contributed by atoms with Crippen molar-refractivity contribution >= 4 is 29.1 Å². The van der Waals surface area contributed by atoms with Gasteiger partial charge in [-0.25, -0.2) is 0 Å². The molecule has 17 heavy (non-hydrogen) atoms. The van der Waals surface area contributed by atoms with Crippen LogP contribution in [0.25, 0.3) is 0 Å². The highest BCUT2D eigenvalue weighted by Gasteiger charge is 2.21. The fraction of sp³-hybridized carbons (Fsp3) is 0.273. The number of hydrogen-bond acceptors (Lipinski definition) is 5. The second kappa shape index (κ2) is 5.60. The van der Waals surface area contributed by atoms with Crippen molar-refractivity contribution in [2.75, 3.05) is 14.1 Å². The molecule has 0 aliphatic carbocycles. The van der Waals surface area contributed by atoms with E-state index in [1.807, 2.05) is 0 Å². The SMILES string of the molecule is CN(C)C(C(=O)C=S)c1ccc([N+](=O)[O-])cc1. The van der Waals surface area contributed by atoms with Gasteiger partial charge in [-0.3, -0.25) is 19.8 Å². The Bertz CT molecular complexity index is 443. The van der Waals surface area contributed by atoms with Gasteiger partial charge in [0, 0.05) is 17.5 Å². The molecule has 0 bridgehead atoms. The fourth-order valence-corrected chi connectivity index (χ4v) is 1.69. The second-order valence-electron chi connectivity index (χ2n) is 3.74. The molecule has 5 nitrogen and oxygen atoms in total. The van der Waals surface area contributed by atoms with E-state index in [1.54, 1.807) is 31.1 Å². The quantitative estimate of drug-likeness (QED) is 0.454. The number of rotatable bonds is 5. The predicted molar refractivity (Wildman–Crippen MR) is 68.2 cm³/mol. The molecule has 1 atom stereocenters. The number of Topliss-reactive ketones (excluding diaryl/α,β-unsaturated/α-hetero) is 1. The van der Waals surface area contributed by atoms with Gasteiger partial charge in [-0.05, 0) is 19.7 Å². The predicted octanol–water partition coefficient (Wildman–Crippen LogP) is 1.77. The van der Waals surface area contributed by atoms with E-state index in [9.17, 15) is 14.9 Å². The van der Waals surface area contributed by atoms with Gasteiger partial charge in [-0.15, -0.1) is 0 Å². The Morgan fingerprint density at radius 2 is 1.94 bits per heavy atom. The van der Waals surface area contributed by atoms with Crippen LogP contribution in [0.4, 0.5) is 5.69 Å². The molecule has 0 amide bonds. The maximum atomic E-state index is 11.6. The monoisotopic (exact) mass is 252 g/mol. The number of nitrogens with zero attached hydrogens (tertiary/aromatic N) is 2. The Morgan fingerprint density at radius 3 is 2.29 bits per heavy atom. The zero-order valence-electron chi connectivity index (χ0n) is 9.49. The highest BCUT2D eigenvalue weighted by molar-refractivity contribution is 7.80. The van der Waals surface area contributed by atoms with Crippen LogP contribution in [0.2, 0.25) is 0 Å². The van der Waals surface area contributed by atoms with Crippen LogP contribution in [0.5, 0.6) is 0 Å². The lowest BCUT2D eigenvalue weighted by atomic mass is 10.0. The molecule has 0 heterocycles. The zero-order chi connectivity index (χ0) is 13.0. The molecule has 0 spiro atoms. The molecule has 0 N–H and O–H groups in total. The van der Waals surface area contributed by atoms with Crippen LogP contribution in [0.3, 0.4) is 0 Å². The molecular weight excluding hydrogens is 240 g/mol. The largest absolute Gasteiger partial charge is 0.296 e. The van der Waals surface area contributed by atoms with Crippen molar-refractivity contribution in [2.45, 2.75) is 6.04 Å². The number of carbonyl (C=O) groups excluding carboxylic acids is 1. The summed E-state index contributed by atoms with van der Waals surface area (Å²) in [5.74, 6) is -0.209. The minimum atomic E-state index is -0.492. The van der Waals surface area contributed by atoms with E-state index in [0.717, 1.165) is 5.37 Å². The van der Waals surface area contributed by atoms with Gasteiger partial charge in [0.25, 0.3) is 5.69 Å². The van der Waals surface area contributed by atoms with Gasteiger partial charge >= 0.3 is 0 Å². The van der Waals surface area contributed by atoms with E-state index in [2.05, 4.69) is 12.2 Å². The maximum absolute atomic E-state index is 11.6. The first-order chi connectivity index (χ1) is 7.97. The Balaban J connectivity index is 3.08. The summed E-state index contributed by atoms with van der Waals surface area (Å²) in [6.45, 7) is 0. The molecule has 1 rings (SSSR count). The molecule has 1 aromatic carbocycles. The Morgan fingerprint density at radius 1 is 1.41 bits per heavy atom. The third kappa shape index (κ3) is 3.15. The molecular formula is C11H12N2O3S. The van der Waals surface area contributed by atoms with Crippen LogP contribution >= 0.6 is 12.2 Å². The summed E-state index contributed by atoms with van der Waals surface area (Å²) in [5, 5.41) is 11.6. The van der Waals surface area contributed by atoms with Gasteiger partial charge in [0.05, 0.1) is 11.0 Å². The van der Waals surface area contributed by atoms with Gasteiger partial charge in [-0.1, -0.05) is 24.4 Å². The Labute approximate surface area is 104 Å². The smallest absolute Gasteiger partial charge is 0.269 e. The minimum absolute atomic E-state index is 0.000980. The fourth-order valence-electron chi connectivity index (χ4n) is 1.56. The first kappa shape index (κ1) is 13.4. The summed E-state index contributed by atoms with van der Waals surface area (Å²) < 4.78 is 0. The third-order valence-electron chi connectivity index (χ3n) is 2.32. The molecule has 1 aromatic rings. The Hall–Kier alpha value is -1.66. The van der Waals surface area contributed by atoms with E-state index in [-0.39, 0.29) is 11.5 Å². The van der Waals surface area contributed by atoms with Gasteiger partial charge in [0.15, 0.2) is 5.78 Å². The minimum Gasteiger partial charge on any atom is -0.296 e. The molecule has 0 aliphatic heterocycles. The van der Waals surface area contributed by atoms with Crippen LogP contribution < -0.4 is 0 Å². The van der Waals surface area contributed by atoms with E-state index >= 15 is 0 Å².